The van der Waals surface area contributed by atoms with Crippen LogP contribution >= 0.6 is 11.6 Å². The molecule has 4 rings (SSSR count). The van der Waals surface area contributed by atoms with E-state index >= 15 is 0 Å². The summed E-state index contributed by atoms with van der Waals surface area (Å²) in [4.78, 5) is 4.81. The predicted molar refractivity (Wildman–Crippen MR) is 95.8 cm³/mol. The van der Waals surface area contributed by atoms with Crippen molar-refractivity contribution in [2.75, 3.05) is 0 Å². The Kier molecular flexibility index (Phi) is 3.53. The number of benzene rings is 1. The van der Waals surface area contributed by atoms with Crippen molar-refractivity contribution in [3.05, 3.63) is 47.2 Å². The topological polar surface area (TPSA) is 39.4 Å². The van der Waals surface area contributed by atoms with E-state index in [-0.39, 0.29) is 5.60 Å². The van der Waals surface area contributed by atoms with Crippen LogP contribution in [0.5, 0.6) is 5.75 Å². The Balaban J connectivity index is 1.72. The van der Waals surface area contributed by atoms with Crippen molar-refractivity contribution >= 4 is 17.2 Å². The molecule has 0 unspecified atom stereocenters. The number of halogens is 1. The van der Waals surface area contributed by atoms with E-state index in [0.717, 1.165) is 22.7 Å². The molecule has 0 radical (unpaired) electrons. The number of aromatic nitrogens is 3. The predicted octanol–water partition coefficient (Wildman–Crippen LogP) is 5.10. The zero-order valence-corrected chi connectivity index (χ0v) is 14.8. The van der Waals surface area contributed by atoms with E-state index in [1.165, 1.54) is 18.4 Å². The van der Waals surface area contributed by atoms with Crippen molar-refractivity contribution < 1.29 is 4.74 Å². The summed E-state index contributed by atoms with van der Waals surface area (Å²) in [7, 11) is 0. The molecule has 0 aliphatic heterocycles. The van der Waals surface area contributed by atoms with Crippen molar-refractivity contribution in [3.8, 4) is 17.0 Å². The number of hydrogen-bond acceptors (Lipinski definition) is 3. The molecule has 5 heteroatoms. The van der Waals surface area contributed by atoms with Crippen LogP contribution in [-0.4, -0.2) is 20.2 Å². The summed E-state index contributed by atoms with van der Waals surface area (Å²) in [6.07, 6.45) is 4.32. The van der Waals surface area contributed by atoms with E-state index in [4.69, 9.17) is 21.3 Å². The Labute approximate surface area is 146 Å². The number of nitrogens with zero attached hydrogens (tertiary/aromatic N) is 3. The standard InChI is InChI=1S/C19H20ClN3O/c1-19(2,3)24-14-8-6-13(7-9-14)16-10-17(20)23-18(22-16)15(11-21-23)12-4-5-12/h6-12H,4-5H2,1-3H3. The fraction of sp³-hybridized carbons (Fsp3) is 0.368. The zero-order valence-electron chi connectivity index (χ0n) is 14.1. The molecule has 24 heavy (non-hydrogen) atoms. The molecule has 0 bridgehead atoms. The Morgan fingerprint density at radius 3 is 2.50 bits per heavy atom. The molecule has 0 amide bonds. The molecule has 0 spiro atoms. The third-order valence-electron chi connectivity index (χ3n) is 4.05. The van der Waals surface area contributed by atoms with Crippen LogP contribution in [0.25, 0.3) is 16.9 Å². The van der Waals surface area contributed by atoms with E-state index in [0.29, 0.717) is 11.1 Å². The summed E-state index contributed by atoms with van der Waals surface area (Å²) in [5.41, 5.74) is 3.74. The van der Waals surface area contributed by atoms with Crippen LogP contribution in [0.2, 0.25) is 5.15 Å². The Morgan fingerprint density at radius 1 is 1.17 bits per heavy atom. The quantitative estimate of drug-likeness (QED) is 0.622. The van der Waals surface area contributed by atoms with Crippen LogP contribution in [0, 0.1) is 0 Å². The number of fused-ring (bicyclic) bond motifs is 1. The molecule has 4 nitrogen and oxygen atoms in total. The lowest BCUT2D eigenvalue weighted by Crippen LogP contribution is -2.22. The number of hydrogen-bond donors (Lipinski definition) is 0. The summed E-state index contributed by atoms with van der Waals surface area (Å²) >= 11 is 6.40. The highest BCUT2D eigenvalue weighted by atomic mass is 35.5. The van der Waals surface area contributed by atoms with Gasteiger partial charge < -0.3 is 4.74 Å². The summed E-state index contributed by atoms with van der Waals surface area (Å²) in [6, 6.07) is 9.84. The molecule has 1 aliphatic rings. The Hall–Kier alpha value is -2.07. The van der Waals surface area contributed by atoms with Gasteiger partial charge in [-0.3, -0.25) is 0 Å². The molecule has 0 N–H and O–H groups in total. The molecule has 1 aromatic carbocycles. The van der Waals surface area contributed by atoms with Crippen molar-refractivity contribution in [2.45, 2.75) is 45.1 Å². The lowest BCUT2D eigenvalue weighted by molar-refractivity contribution is 0.131. The highest BCUT2D eigenvalue weighted by Gasteiger charge is 2.28. The van der Waals surface area contributed by atoms with Gasteiger partial charge in [0.25, 0.3) is 0 Å². The van der Waals surface area contributed by atoms with Gasteiger partial charge in [-0.15, -0.1) is 0 Å². The van der Waals surface area contributed by atoms with Gasteiger partial charge in [-0.05, 0) is 63.8 Å². The molecule has 2 aromatic heterocycles. The average Bonchev–Trinajstić information content (AvgIpc) is 3.26. The average molecular weight is 342 g/mol. The summed E-state index contributed by atoms with van der Waals surface area (Å²) in [5.74, 6) is 1.44. The van der Waals surface area contributed by atoms with Gasteiger partial charge in [0.15, 0.2) is 5.65 Å². The van der Waals surface area contributed by atoms with Gasteiger partial charge in [-0.25, -0.2) is 9.50 Å². The van der Waals surface area contributed by atoms with Gasteiger partial charge in [0.05, 0.1) is 11.9 Å². The first kappa shape index (κ1) is 15.5. The Morgan fingerprint density at radius 2 is 1.88 bits per heavy atom. The van der Waals surface area contributed by atoms with E-state index in [1.54, 1.807) is 4.52 Å². The largest absolute Gasteiger partial charge is 0.488 e. The number of ether oxygens (including phenoxy) is 1. The molecule has 124 valence electrons. The first-order valence-corrected chi connectivity index (χ1v) is 8.62. The zero-order chi connectivity index (χ0) is 16.9. The monoisotopic (exact) mass is 341 g/mol. The van der Waals surface area contributed by atoms with Crippen molar-refractivity contribution in [2.24, 2.45) is 0 Å². The van der Waals surface area contributed by atoms with Crippen LogP contribution in [0.3, 0.4) is 0 Å². The second kappa shape index (κ2) is 5.49. The smallest absolute Gasteiger partial charge is 0.160 e. The first-order chi connectivity index (χ1) is 11.4. The minimum absolute atomic E-state index is 0.210. The molecular weight excluding hydrogens is 322 g/mol. The SMILES string of the molecule is CC(C)(C)Oc1ccc(-c2cc(Cl)n3ncc(C4CC4)c3n2)cc1. The van der Waals surface area contributed by atoms with Crippen LogP contribution in [-0.2, 0) is 0 Å². The molecule has 1 saturated carbocycles. The highest BCUT2D eigenvalue weighted by Crippen LogP contribution is 2.42. The molecule has 0 saturated heterocycles. The van der Waals surface area contributed by atoms with E-state index in [2.05, 4.69) is 5.10 Å². The van der Waals surface area contributed by atoms with Crippen LogP contribution in [0.1, 0.15) is 45.1 Å². The highest BCUT2D eigenvalue weighted by molar-refractivity contribution is 6.30. The van der Waals surface area contributed by atoms with Crippen molar-refractivity contribution in [1.82, 2.24) is 14.6 Å². The molecule has 3 aromatic rings. The molecule has 2 heterocycles. The van der Waals surface area contributed by atoms with Gasteiger partial charge in [0, 0.05) is 17.2 Å². The normalized spacial score (nSPS) is 15.0. The van der Waals surface area contributed by atoms with Crippen LogP contribution in [0.4, 0.5) is 0 Å². The van der Waals surface area contributed by atoms with Gasteiger partial charge in [-0.2, -0.15) is 5.10 Å². The third kappa shape index (κ3) is 2.98. The second-order valence-electron chi connectivity index (χ2n) is 7.31. The molecule has 1 fully saturated rings. The lowest BCUT2D eigenvalue weighted by atomic mass is 10.1. The maximum atomic E-state index is 6.40. The molecule has 1 aliphatic carbocycles. The van der Waals surface area contributed by atoms with Crippen LogP contribution in [0.15, 0.2) is 36.5 Å². The minimum Gasteiger partial charge on any atom is -0.488 e. The number of rotatable bonds is 3. The molecular formula is C19H20ClN3O. The van der Waals surface area contributed by atoms with Gasteiger partial charge >= 0.3 is 0 Å². The van der Waals surface area contributed by atoms with Gasteiger partial charge in [0.2, 0.25) is 0 Å². The van der Waals surface area contributed by atoms with Gasteiger partial charge in [0.1, 0.15) is 16.5 Å². The molecule has 0 atom stereocenters. The first-order valence-electron chi connectivity index (χ1n) is 8.24. The maximum Gasteiger partial charge on any atom is 0.160 e. The minimum atomic E-state index is -0.210. The van der Waals surface area contributed by atoms with E-state index in [9.17, 15) is 0 Å². The maximum absolute atomic E-state index is 6.40. The van der Waals surface area contributed by atoms with Crippen molar-refractivity contribution in [1.29, 1.82) is 0 Å². The van der Waals surface area contributed by atoms with E-state index < -0.39 is 0 Å². The third-order valence-corrected chi connectivity index (χ3v) is 4.32. The fourth-order valence-corrected chi connectivity index (χ4v) is 3.05. The fourth-order valence-electron chi connectivity index (χ4n) is 2.82. The van der Waals surface area contributed by atoms with Gasteiger partial charge in [-0.1, -0.05) is 11.6 Å². The summed E-state index contributed by atoms with van der Waals surface area (Å²) in [5, 5.41) is 4.95. The van der Waals surface area contributed by atoms with Crippen molar-refractivity contribution in [3.63, 3.8) is 0 Å². The summed E-state index contributed by atoms with van der Waals surface area (Å²) < 4.78 is 7.59. The summed E-state index contributed by atoms with van der Waals surface area (Å²) in [6.45, 7) is 6.11. The Bertz CT molecular complexity index is 889. The van der Waals surface area contributed by atoms with E-state index in [1.807, 2.05) is 57.3 Å². The lowest BCUT2D eigenvalue weighted by Gasteiger charge is -2.21. The van der Waals surface area contributed by atoms with Crippen LogP contribution < -0.4 is 4.74 Å². The second-order valence-corrected chi connectivity index (χ2v) is 7.70.